The predicted molar refractivity (Wildman–Crippen MR) is 72.3 cm³/mol. The van der Waals surface area contributed by atoms with Crippen molar-refractivity contribution in [2.24, 2.45) is 0 Å². The summed E-state index contributed by atoms with van der Waals surface area (Å²) in [4.78, 5) is 0. The molecule has 5 heteroatoms. The molecule has 0 spiro atoms. The fraction of sp³-hybridized carbons (Fsp3) is 0.462. The van der Waals surface area contributed by atoms with E-state index in [0.717, 1.165) is 43.1 Å². The number of anilines is 1. The van der Waals surface area contributed by atoms with Crippen molar-refractivity contribution in [3.63, 3.8) is 0 Å². The Morgan fingerprint density at radius 1 is 1.11 bits per heavy atom. The van der Waals surface area contributed by atoms with Crippen LogP contribution in [0.3, 0.4) is 0 Å². The highest BCUT2D eigenvalue weighted by Crippen LogP contribution is 2.16. The van der Waals surface area contributed by atoms with Gasteiger partial charge in [-0.2, -0.15) is 5.10 Å². The molecular formula is C13H19N5. The van der Waals surface area contributed by atoms with Crippen molar-refractivity contribution >= 4 is 5.82 Å². The fourth-order valence-electron chi connectivity index (χ4n) is 1.76. The van der Waals surface area contributed by atoms with Crippen molar-refractivity contribution in [1.29, 1.82) is 0 Å². The lowest BCUT2D eigenvalue weighted by Crippen LogP contribution is -2.05. The highest BCUT2D eigenvalue weighted by molar-refractivity contribution is 5.54. The van der Waals surface area contributed by atoms with Gasteiger partial charge in [0, 0.05) is 19.3 Å². The molecule has 2 aromatic rings. The van der Waals surface area contributed by atoms with E-state index in [-0.39, 0.29) is 0 Å². The van der Waals surface area contributed by atoms with E-state index in [2.05, 4.69) is 34.5 Å². The molecule has 0 unspecified atom stereocenters. The third-order valence-electron chi connectivity index (χ3n) is 2.64. The van der Waals surface area contributed by atoms with Gasteiger partial charge in [0.25, 0.3) is 0 Å². The van der Waals surface area contributed by atoms with Crippen LogP contribution in [0.2, 0.25) is 0 Å². The number of nitrogens with one attached hydrogen (secondary N) is 1. The third-order valence-corrected chi connectivity index (χ3v) is 2.64. The molecule has 0 radical (unpaired) electrons. The quantitative estimate of drug-likeness (QED) is 0.849. The second-order valence-electron chi connectivity index (χ2n) is 4.17. The zero-order valence-corrected chi connectivity index (χ0v) is 10.9. The van der Waals surface area contributed by atoms with Gasteiger partial charge in [-0.15, -0.1) is 10.2 Å². The Hall–Kier alpha value is -1.91. The van der Waals surface area contributed by atoms with Gasteiger partial charge in [0.2, 0.25) is 0 Å². The van der Waals surface area contributed by atoms with E-state index in [0.29, 0.717) is 0 Å². The Labute approximate surface area is 107 Å². The highest BCUT2D eigenvalue weighted by Gasteiger charge is 2.06. The summed E-state index contributed by atoms with van der Waals surface area (Å²) < 4.78 is 1.96. The van der Waals surface area contributed by atoms with Gasteiger partial charge in [-0.05, 0) is 31.0 Å². The summed E-state index contributed by atoms with van der Waals surface area (Å²) in [5.74, 6) is 0.821. The van der Waals surface area contributed by atoms with Gasteiger partial charge in [-0.3, -0.25) is 4.68 Å². The van der Waals surface area contributed by atoms with Gasteiger partial charge in [0.15, 0.2) is 0 Å². The molecule has 0 amide bonds. The molecule has 0 aliphatic carbocycles. The molecule has 0 saturated heterocycles. The van der Waals surface area contributed by atoms with Crippen molar-refractivity contribution in [2.75, 3.05) is 11.9 Å². The fourth-order valence-corrected chi connectivity index (χ4v) is 1.76. The Bertz CT molecular complexity index is 474. The first-order chi connectivity index (χ1) is 8.85. The largest absolute Gasteiger partial charge is 0.369 e. The highest BCUT2D eigenvalue weighted by atomic mass is 15.3. The Kier molecular flexibility index (Phi) is 4.28. The van der Waals surface area contributed by atoms with Gasteiger partial charge >= 0.3 is 0 Å². The smallest absolute Gasteiger partial charge is 0.148 e. The molecule has 0 aliphatic rings. The van der Waals surface area contributed by atoms with Crippen molar-refractivity contribution in [2.45, 2.75) is 33.2 Å². The predicted octanol–water partition coefficient (Wildman–Crippen LogP) is 2.57. The Balaban J connectivity index is 2.15. The second kappa shape index (κ2) is 6.14. The summed E-state index contributed by atoms with van der Waals surface area (Å²) in [6, 6.07) is 5.91. The van der Waals surface area contributed by atoms with E-state index in [1.54, 1.807) is 6.20 Å². The molecule has 96 valence electrons. The molecule has 2 heterocycles. The van der Waals surface area contributed by atoms with E-state index in [9.17, 15) is 0 Å². The summed E-state index contributed by atoms with van der Waals surface area (Å²) in [6.07, 6.45) is 3.93. The number of nitrogens with zero attached hydrogens (tertiary/aromatic N) is 4. The number of aromatic nitrogens is 4. The van der Waals surface area contributed by atoms with E-state index >= 15 is 0 Å². The van der Waals surface area contributed by atoms with Crippen molar-refractivity contribution in [3.8, 4) is 11.4 Å². The van der Waals surface area contributed by atoms with Crippen LogP contribution in [0.25, 0.3) is 11.4 Å². The Morgan fingerprint density at radius 2 is 2.00 bits per heavy atom. The van der Waals surface area contributed by atoms with Gasteiger partial charge < -0.3 is 5.32 Å². The molecule has 18 heavy (non-hydrogen) atoms. The average molecular weight is 245 g/mol. The summed E-state index contributed by atoms with van der Waals surface area (Å²) in [6.45, 7) is 6.08. The van der Waals surface area contributed by atoms with E-state index in [1.165, 1.54) is 0 Å². The van der Waals surface area contributed by atoms with E-state index in [4.69, 9.17) is 0 Å². The minimum Gasteiger partial charge on any atom is -0.369 e. The molecule has 0 atom stereocenters. The first-order valence-electron chi connectivity index (χ1n) is 6.45. The maximum atomic E-state index is 4.29. The van der Waals surface area contributed by atoms with Crippen LogP contribution in [-0.4, -0.2) is 26.5 Å². The molecule has 2 aromatic heterocycles. The molecule has 0 fully saturated rings. The maximum absolute atomic E-state index is 4.29. The van der Waals surface area contributed by atoms with Crippen LogP contribution in [0.4, 0.5) is 5.82 Å². The van der Waals surface area contributed by atoms with Crippen molar-refractivity contribution < 1.29 is 0 Å². The van der Waals surface area contributed by atoms with Crippen LogP contribution < -0.4 is 5.32 Å². The summed E-state index contributed by atoms with van der Waals surface area (Å²) >= 11 is 0. The lowest BCUT2D eigenvalue weighted by molar-refractivity contribution is 0.607. The van der Waals surface area contributed by atoms with E-state index in [1.807, 2.05) is 22.9 Å². The van der Waals surface area contributed by atoms with Gasteiger partial charge in [0.1, 0.15) is 11.5 Å². The summed E-state index contributed by atoms with van der Waals surface area (Å²) in [5.41, 5.74) is 1.88. The van der Waals surface area contributed by atoms with Crippen LogP contribution in [-0.2, 0) is 6.54 Å². The average Bonchev–Trinajstić information content (AvgIpc) is 2.86. The molecule has 0 saturated carbocycles. The standard InChI is InChI=1S/C13H19N5/c1-3-8-14-13-6-5-11(16-17-13)12-7-9-15-18(12)10-4-2/h5-7,9H,3-4,8,10H2,1-2H3,(H,14,17). The summed E-state index contributed by atoms with van der Waals surface area (Å²) in [7, 11) is 0. The minimum absolute atomic E-state index is 0.821. The Morgan fingerprint density at radius 3 is 2.67 bits per heavy atom. The normalized spacial score (nSPS) is 10.6. The van der Waals surface area contributed by atoms with Gasteiger partial charge in [-0.25, -0.2) is 0 Å². The zero-order chi connectivity index (χ0) is 12.8. The number of aryl methyl sites for hydroxylation is 1. The van der Waals surface area contributed by atoms with Gasteiger partial charge in [-0.1, -0.05) is 13.8 Å². The SMILES string of the molecule is CCCNc1ccc(-c2ccnn2CCC)nn1. The van der Waals surface area contributed by atoms with Gasteiger partial charge in [0.05, 0.1) is 5.69 Å². The first-order valence-corrected chi connectivity index (χ1v) is 6.45. The number of hydrogen-bond donors (Lipinski definition) is 1. The topological polar surface area (TPSA) is 55.6 Å². The summed E-state index contributed by atoms with van der Waals surface area (Å²) in [5, 5.41) is 15.9. The van der Waals surface area contributed by atoms with Crippen LogP contribution in [0.1, 0.15) is 26.7 Å². The second-order valence-corrected chi connectivity index (χ2v) is 4.17. The van der Waals surface area contributed by atoms with Crippen molar-refractivity contribution in [3.05, 3.63) is 24.4 Å². The van der Waals surface area contributed by atoms with Crippen LogP contribution in [0.5, 0.6) is 0 Å². The lowest BCUT2D eigenvalue weighted by Gasteiger charge is -2.06. The van der Waals surface area contributed by atoms with E-state index < -0.39 is 0 Å². The zero-order valence-electron chi connectivity index (χ0n) is 10.9. The maximum Gasteiger partial charge on any atom is 0.148 e. The number of rotatable bonds is 6. The van der Waals surface area contributed by atoms with Crippen LogP contribution in [0.15, 0.2) is 24.4 Å². The third kappa shape index (κ3) is 2.85. The number of hydrogen-bond acceptors (Lipinski definition) is 4. The van der Waals surface area contributed by atoms with Crippen LogP contribution >= 0.6 is 0 Å². The molecule has 0 bridgehead atoms. The molecule has 0 aromatic carbocycles. The molecule has 1 N–H and O–H groups in total. The minimum atomic E-state index is 0.821. The molecule has 2 rings (SSSR count). The molecule has 0 aliphatic heterocycles. The molecular weight excluding hydrogens is 226 g/mol. The van der Waals surface area contributed by atoms with Crippen LogP contribution in [0, 0.1) is 0 Å². The van der Waals surface area contributed by atoms with Crippen molar-refractivity contribution in [1.82, 2.24) is 20.0 Å². The first kappa shape index (κ1) is 12.5. The monoisotopic (exact) mass is 245 g/mol. The lowest BCUT2D eigenvalue weighted by atomic mass is 10.3. The molecule has 5 nitrogen and oxygen atoms in total.